The Morgan fingerprint density at radius 1 is 1.20 bits per heavy atom. The maximum Gasteiger partial charge on any atom is 0.253 e. The number of carbonyl (C=O) groups excluding carboxylic acids is 3. The van der Waals surface area contributed by atoms with Crippen molar-refractivity contribution in [2.24, 2.45) is 0 Å². The molecule has 9 heteroatoms. The van der Waals surface area contributed by atoms with Crippen LogP contribution in [0, 0.1) is 0 Å². The minimum atomic E-state index is -0.480. The lowest BCUT2D eigenvalue weighted by Crippen LogP contribution is -2.47. The molecule has 156 valence electrons. The largest absolute Gasteiger partial charge is 0.353 e. The number of benzene rings is 1. The number of thioether (sulfide) groups is 1. The summed E-state index contributed by atoms with van der Waals surface area (Å²) in [5.41, 5.74) is 1.30. The summed E-state index contributed by atoms with van der Waals surface area (Å²) >= 11 is 7.34. The van der Waals surface area contributed by atoms with Crippen LogP contribution in [0.1, 0.15) is 29.6 Å². The van der Waals surface area contributed by atoms with Gasteiger partial charge in [-0.3, -0.25) is 19.4 Å². The quantitative estimate of drug-likeness (QED) is 0.756. The molecule has 1 aromatic heterocycles. The predicted octanol–water partition coefficient (Wildman–Crippen LogP) is 2.96. The molecule has 3 heterocycles. The number of carbonyl (C=O) groups is 3. The first-order valence-corrected chi connectivity index (χ1v) is 11.0. The number of nitrogens with zero attached hydrogens (tertiary/aromatic N) is 2. The lowest BCUT2D eigenvalue weighted by molar-refractivity contribution is -0.124. The van der Waals surface area contributed by atoms with Gasteiger partial charge in [-0.05, 0) is 43.2 Å². The van der Waals surface area contributed by atoms with Crippen LogP contribution in [0.4, 0.5) is 5.69 Å². The van der Waals surface area contributed by atoms with Crippen molar-refractivity contribution in [3.63, 3.8) is 0 Å². The normalized spacial score (nSPS) is 19.0. The molecule has 1 aromatic carbocycles. The third-order valence-corrected chi connectivity index (χ3v) is 6.72. The van der Waals surface area contributed by atoms with Crippen molar-refractivity contribution >= 4 is 46.8 Å². The van der Waals surface area contributed by atoms with Gasteiger partial charge in [-0.2, -0.15) is 0 Å². The molecule has 1 saturated heterocycles. The number of aromatic nitrogens is 1. The highest BCUT2D eigenvalue weighted by Gasteiger charge is 2.30. The summed E-state index contributed by atoms with van der Waals surface area (Å²) in [7, 11) is 0. The number of nitrogens with one attached hydrogen (secondary N) is 2. The predicted molar refractivity (Wildman–Crippen MR) is 116 cm³/mol. The molecule has 0 aliphatic carbocycles. The Bertz CT molecular complexity index is 964. The summed E-state index contributed by atoms with van der Waals surface area (Å²) in [6, 6.07) is 8.73. The Kier molecular flexibility index (Phi) is 6.24. The third-order valence-electron chi connectivity index (χ3n) is 5.21. The van der Waals surface area contributed by atoms with E-state index < -0.39 is 5.25 Å². The number of rotatable bonds is 4. The molecule has 0 bridgehead atoms. The van der Waals surface area contributed by atoms with E-state index >= 15 is 0 Å². The van der Waals surface area contributed by atoms with Crippen LogP contribution in [-0.4, -0.2) is 52.0 Å². The Balaban J connectivity index is 1.27. The lowest BCUT2D eigenvalue weighted by Gasteiger charge is -2.33. The van der Waals surface area contributed by atoms with Crippen molar-refractivity contribution in [1.82, 2.24) is 15.2 Å². The topological polar surface area (TPSA) is 91.4 Å². The number of amides is 3. The zero-order valence-corrected chi connectivity index (χ0v) is 17.7. The van der Waals surface area contributed by atoms with E-state index in [0.717, 1.165) is 4.90 Å². The van der Waals surface area contributed by atoms with Gasteiger partial charge in [0.2, 0.25) is 11.8 Å². The highest BCUT2D eigenvalue weighted by Crippen LogP contribution is 2.38. The number of hydrogen-bond donors (Lipinski definition) is 2. The molecule has 2 N–H and O–H groups in total. The van der Waals surface area contributed by atoms with Gasteiger partial charge in [-0.25, -0.2) is 0 Å². The number of pyridine rings is 1. The monoisotopic (exact) mass is 444 g/mol. The number of likely N-dealkylation sites (tertiary alicyclic amines) is 1. The minimum Gasteiger partial charge on any atom is -0.353 e. The fraction of sp³-hybridized carbons (Fsp3) is 0.333. The van der Waals surface area contributed by atoms with Crippen LogP contribution >= 0.6 is 23.4 Å². The second-order valence-electron chi connectivity index (χ2n) is 7.31. The number of anilines is 1. The average Bonchev–Trinajstić information content (AvgIpc) is 2.75. The van der Waals surface area contributed by atoms with Crippen LogP contribution in [0.2, 0.25) is 5.02 Å². The van der Waals surface area contributed by atoms with Crippen molar-refractivity contribution < 1.29 is 14.4 Å². The van der Waals surface area contributed by atoms with Gasteiger partial charge < -0.3 is 15.5 Å². The summed E-state index contributed by atoms with van der Waals surface area (Å²) in [5, 5.41) is 5.91. The molecule has 0 radical (unpaired) electrons. The second kappa shape index (κ2) is 9.06. The first kappa shape index (κ1) is 20.7. The molecule has 2 aliphatic rings. The number of hydrogen-bond acceptors (Lipinski definition) is 5. The molecule has 30 heavy (non-hydrogen) atoms. The Hall–Kier alpha value is -2.58. The van der Waals surface area contributed by atoms with Gasteiger partial charge in [-0.15, -0.1) is 11.8 Å². The van der Waals surface area contributed by atoms with E-state index in [1.165, 1.54) is 11.8 Å². The summed E-state index contributed by atoms with van der Waals surface area (Å²) in [6.45, 7) is 1.16. The zero-order valence-electron chi connectivity index (χ0n) is 16.1. The molecule has 0 saturated carbocycles. The van der Waals surface area contributed by atoms with Gasteiger partial charge in [0.1, 0.15) is 0 Å². The number of piperidine rings is 1. The SMILES string of the molecule is O=C(CC1Sc2ccc(Cl)cc2NC1=O)NC1CCN(C(=O)c2ccncc2)CC1. The fourth-order valence-electron chi connectivity index (χ4n) is 3.62. The lowest BCUT2D eigenvalue weighted by atomic mass is 10.0. The minimum absolute atomic E-state index is 0.00161. The molecule has 0 spiro atoms. The molecule has 3 amide bonds. The first-order valence-electron chi connectivity index (χ1n) is 9.75. The van der Waals surface area contributed by atoms with E-state index in [4.69, 9.17) is 11.6 Å². The van der Waals surface area contributed by atoms with Crippen LogP contribution in [0.5, 0.6) is 0 Å². The highest BCUT2D eigenvalue weighted by atomic mass is 35.5. The third kappa shape index (κ3) is 4.76. The van der Waals surface area contributed by atoms with Gasteiger partial charge in [-0.1, -0.05) is 11.6 Å². The molecule has 2 aromatic rings. The molecular weight excluding hydrogens is 424 g/mol. The van der Waals surface area contributed by atoms with Crippen molar-refractivity contribution in [3.8, 4) is 0 Å². The maximum atomic E-state index is 12.5. The van der Waals surface area contributed by atoms with E-state index in [9.17, 15) is 14.4 Å². The summed E-state index contributed by atoms with van der Waals surface area (Å²) in [5.74, 6) is -0.363. The first-order chi connectivity index (χ1) is 14.5. The Morgan fingerprint density at radius 3 is 2.67 bits per heavy atom. The van der Waals surface area contributed by atoms with Gasteiger partial charge in [0.15, 0.2) is 0 Å². The van der Waals surface area contributed by atoms with E-state index in [1.807, 2.05) is 6.07 Å². The smallest absolute Gasteiger partial charge is 0.253 e. The highest BCUT2D eigenvalue weighted by molar-refractivity contribution is 8.01. The summed E-state index contributed by atoms with van der Waals surface area (Å²) in [6.07, 6.45) is 4.69. The summed E-state index contributed by atoms with van der Waals surface area (Å²) in [4.78, 5) is 44.0. The molecule has 2 aliphatic heterocycles. The second-order valence-corrected chi connectivity index (χ2v) is 8.99. The van der Waals surface area contributed by atoms with Gasteiger partial charge in [0.05, 0.1) is 10.9 Å². The molecule has 1 atom stereocenters. The van der Waals surface area contributed by atoms with Gasteiger partial charge in [0, 0.05) is 53.4 Å². The molecular formula is C21H21ClN4O3S. The number of fused-ring (bicyclic) bond motifs is 1. The molecule has 4 rings (SSSR count). The average molecular weight is 445 g/mol. The van der Waals surface area contributed by atoms with Crippen LogP contribution in [0.25, 0.3) is 0 Å². The van der Waals surface area contributed by atoms with Crippen molar-refractivity contribution in [3.05, 3.63) is 53.3 Å². The van der Waals surface area contributed by atoms with E-state index in [0.29, 0.717) is 42.2 Å². The van der Waals surface area contributed by atoms with Crippen molar-refractivity contribution in [2.45, 2.75) is 35.4 Å². The van der Waals surface area contributed by atoms with Crippen LogP contribution < -0.4 is 10.6 Å². The summed E-state index contributed by atoms with van der Waals surface area (Å²) < 4.78 is 0. The van der Waals surface area contributed by atoms with Crippen LogP contribution in [-0.2, 0) is 9.59 Å². The van der Waals surface area contributed by atoms with Crippen molar-refractivity contribution in [1.29, 1.82) is 0 Å². The molecule has 1 fully saturated rings. The zero-order chi connectivity index (χ0) is 21.1. The molecule has 1 unspecified atom stereocenters. The van der Waals surface area contributed by atoms with Crippen LogP contribution in [0.3, 0.4) is 0 Å². The van der Waals surface area contributed by atoms with E-state index in [2.05, 4.69) is 15.6 Å². The molecule has 7 nitrogen and oxygen atoms in total. The number of halogens is 1. The van der Waals surface area contributed by atoms with Gasteiger partial charge >= 0.3 is 0 Å². The Morgan fingerprint density at radius 2 is 1.93 bits per heavy atom. The Labute approximate surface area is 183 Å². The van der Waals surface area contributed by atoms with E-state index in [1.54, 1.807) is 41.6 Å². The fourth-order valence-corrected chi connectivity index (χ4v) is 4.88. The maximum absolute atomic E-state index is 12.5. The van der Waals surface area contributed by atoms with E-state index in [-0.39, 0.29) is 30.2 Å². The van der Waals surface area contributed by atoms with Gasteiger partial charge in [0.25, 0.3) is 5.91 Å². The van der Waals surface area contributed by atoms with Crippen LogP contribution in [0.15, 0.2) is 47.6 Å². The standard InChI is InChI=1S/C21H21ClN4O3S/c22-14-1-2-17-16(11-14)25-20(28)18(30-17)12-19(27)24-15-5-9-26(10-6-15)21(29)13-3-7-23-8-4-13/h1-4,7-8,11,15,18H,5-6,9-10,12H2,(H,24,27)(H,25,28). The van der Waals surface area contributed by atoms with Crippen molar-refractivity contribution in [2.75, 3.05) is 18.4 Å².